The summed E-state index contributed by atoms with van der Waals surface area (Å²) in [5.74, 6) is -0.939. The molecule has 0 fully saturated rings. The predicted octanol–water partition coefficient (Wildman–Crippen LogP) is 23.7. The molecule has 0 saturated carbocycles. The van der Waals surface area contributed by atoms with Crippen molar-refractivity contribution in [2.45, 2.75) is 297 Å². The van der Waals surface area contributed by atoms with Gasteiger partial charge in [-0.15, -0.1) is 0 Å². The highest BCUT2D eigenvalue weighted by Gasteiger charge is 2.19. The van der Waals surface area contributed by atoms with Crippen LogP contribution in [0.15, 0.2) is 158 Å². The number of allylic oxidation sites excluding steroid dienone is 26. The first kappa shape index (κ1) is 78.0. The number of hydrogen-bond donors (Lipinski definition) is 0. The molecule has 0 aliphatic heterocycles. The molecule has 468 valence electrons. The molecule has 1 atom stereocenters. The molecule has 0 heterocycles. The van der Waals surface area contributed by atoms with Gasteiger partial charge < -0.3 is 14.2 Å². The summed E-state index contributed by atoms with van der Waals surface area (Å²) in [6, 6.07) is 0. The molecule has 0 amide bonds. The standard InChI is InChI=1S/C77H124O6/c1-4-7-10-13-16-19-22-25-28-30-31-32-33-34-35-36-37-38-39-40-41-42-43-44-45-47-49-52-55-58-61-64-67-70-76(79)82-73-74(72-81-75(78)69-66-63-60-57-54-51-48-27-24-21-18-15-12-9-6-3)83-77(80)71-68-65-62-59-56-53-50-46-29-26-23-20-17-14-11-8-5-2/h7-8,10-11,16-17,19-20,25-29,31-32,34-35,37-38,40-41,43-44,48,50,53,74H,4-6,9,12-15,18,21-24,30,33,36,39,42,45-47,49,51-52,54-73H2,1-3H3/b10-7-,11-8-,19-16-,20-17-,28-25-,29-26-,32-31-,35-34-,38-37-,41-40-,44-43-,48-27-,53-50-. The lowest BCUT2D eigenvalue weighted by Gasteiger charge is -2.18. The maximum Gasteiger partial charge on any atom is 0.306 e. The van der Waals surface area contributed by atoms with Crippen LogP contribution in [0.3, 0.4) is 0 Å². The largest absolute Gasteiger partial charge is 0.462 e. The van der Waals surface area contributed by atoms with Gasteiger partial charge >= 0.3 is 17.9 Å². The van der Waals surface area contributed by atoms with Gasteiger partial charge in [-0.1, -0.05) is 281 Å². The summed E-state index contributed by atoms with van der Waals surface area (Å²) in [6.45, 7) is 6.38. The van der Waals surface area contributed by atoms with E-state index in [0.29, 0.717) is 19.3 Å². The van der Waals surface area contributed by atoms with Crippen molar-refractivity contribution in [2.24, 2.45) is 0 Å². The molecule has 0 aliphatic rings. The molecule has 0 rings (SSSR count). The number of carbonyl (C=O) groups is 3. The van der Waals surface area contributed by atoms with Gasteiger partial charge in [0.05, 0.1) is 0 Å². The van der Waals surface area contributed by atoms with Crippen LogP contribution in [-0.2, 0) is 28.6 Å². The molecule has 0 aromatic heterocycles. The molecule has 0 bridgehead atoms. The second-order valence-corrected chi connectivity index (χ2v) is 22.0. The SMILES string of the molecule is CC/C=C\C/C=C\C/C=C\C/C=C\C/C=C\C/C=C\C/C=C\C/C=C\CCCCCCCCCCC(=O)OCC(COC(=O)CCCCCCC/C=C\CCCCCCCC)OC(=O)CCCCCC/C=C\C/C=C\C/C=C\C/C=C\CC. The van der Waals surface area contributed by atoms with E-state index in [4.69, 9.17) is 14.2 Å². The molecule has 6 heteroatoms. The molecule has 0 saturated heterocycles. The van der Waals surface area contributed by atoms with Gasteiger partial charge in [0.2, 0.25) is 0 Å². The molecule has 1 unspecified atom stereocenters. The third-order valence-electron chi connectivity index (χ3n) is 14.0. The Balaban J connectivity index is 4.36. The van der Waals surface area contributed by atoms with Gasteiger partial charge in [0.25, 0.3) is 0 Å². The van der Waals surface area contributed by atoms with E-state index in [9.17, 15) is 14.4 Å². The highest BCUT2D eigenvalue weighted by atomic mass is 16.6. The summed E-state index contributed by atoms with van der Waals surface area (Å²) in [7, 11) is 0. The topological polar surface area (TPSA) is 78.9 Å². The quantitative estimate of drug-likeness (QED) is 0.0261. The van der Waals surface area contributed by atoms with Crippen LogP contribution in [0.4, 0.5) is 0 Å². The second kappa shape index (κ2) is 69.5. The van der Waals surface area contributed by atoms with Gasteiger partial charge in [0, 0.05) is 19.3 Å². The Hall–Kier alpha value is -4.97. The first-order valence-electron chi connectivity index (χ1n) is 34.0. The Kier molecular flexibility index (Phi) is 65.4. The molecule has 83 heavy (non-hydrogen) atoms. The van der Waals surface area contributed by atoms with E-state index in [-0.39, 0.29) is 31.1 Å². The Bertz CT molecular complexity index is 1840. The molecule has 0 N–H and O–H groups in total. The van der Waals surface area contributed by atoms with Gasteiger partial charge in [-0.05, 0) is 148 Å². The highest BCUT2D eigenvalue weighted by molar-refractivity contribution is 5.71. The Morgan fingerprint density at radius 2 is 0.470 bits per heavy atom. The van der Waals surface area contributed by atoms with Gasteiger partial charge in [0.1, 0.15) is 13.2 Å². The van der Waals surface area contributed by atoms with Crippen LogP contribution in [0.5, 0.6) is 0 Å². The summed E-state index contributed by atoms with van der Waals surface area (Å²) in [5, 5.41) is 0. The molecule has 0 spiro atoms. The summed E-state index contributed by atoms with van der Waals surface area (Å²) < 4.78 is 16.9. The number of unbranched alkanes of at least 4 members (excludes halogenated alkanes) is 23. The molecule has 0 aromatic rings. The van der Waals surface area contributed by atoms with Crippen molar-refractivity contribution in [3.05, 3.63) is 158 Å². The van der Waals surface area contributed by atoms with Crippen molar-refractivity contribution in [3.8, 4) is 0 Å². The zero-order chi connectivity index (χ0) is 59.9. The van der Waals surface area contributed by atoms with E-state index in [1.807, 2.05) is 0 Å². The van der Waals surface area contributed by atoms with Crippen LogP contribution in [0.1, 0.15) is 290 Å². The smallest absolute Gasteiger partial charge is 0.306 e. The van der Waals surface area contributed by atoms with Gasteiger partial charge in [0.15, 0.2) is 6.10 Å². The van der Waals surface area contributed by atoms with Crippen LogP contribution >= 0.6 is 0 Å². The van der Waals surface area contributed by atoms with Crippen LogP contribution < -0.4 is 0 Å². The van der Waals surface area contributed by atoms with Gasteiger partial charge in [-0.3, -0.25) is 14.4 Å². The fourth-order valence-corrected chi connectivity index (χ4v) is 8.97. The van der Waals surface area contributed by atoms with Crippen molar-refractivity contribution in [1.29, 1.82) is 0 Å². The Morgan fingerprint density at radius 3 is 0.747 bits per heavy atom. The third-order valence-corrected chi connectivity index (χ3v) is 14.0. The van der Waals surface area contributed by atoms with Crippen LogP contribution in [0.25, 0.3) is 0 Å². The number of esters is 3. The monoisotopic (exact) mass is 1140 g/mol. The van der Waals surface area contributed by atoms with E-state index in [1.54, 1.807) is 0 Å². The van der Waals surface area contributed by atoms with E-state index in [2.05, 4.69) is 179 Å². The minimum absolute atomic E-state index is 0.0995. The highest BCUT2D eigenvalue weighted by Crippen LogP contribution is 2.15. The summed E-state index contributed by atoms with van der Waals surface area (Å²) in [5.41, 5.74) is 0. The average molecular weight is 1150 g/mol. The summed E-state index contributed by atoms with van der Waals surface area (Å²) >= 11 is 0. The first-order chi connectivity index (χ1) is 41.0. The van der Waals surface area contributed by atoms with E-state index in [1.165, 1.54) is 83.5 Å². The second-order valence-electron chi connectivity index (χ2n) is 22.0. The van der Waals surface area contributed by atoms with Crippen molar-refractivity contribution in [3.63, 3.8) is 0 Å². The fourth-order valence-electron chi connectivity index (χ4n) is 8.97. The van der Waals surface area contributed by atoms with Crippen LogP contribution in [0, 0.1) is 0 Å². The first-order valence-corrected chi connectivity index (χ1v) is 34.0. The van der Waals surface area contributed by atoms with Crippen LogP contribution in [-0.4, -0.2) is 37.2 Å². The Labute approximate surface area is 511 Å². The third kappa shape index (κ3) is 67.7. The molecule has 0 aromatic carbocycles. The van der Waals surface area contributed by atoms with E-state index in [0.717, 1.165) is 167 Å². The number of ether oxygens (including phenoxy) is 3. The maximum absolute atomic E-state index is 12.9. The molecule has 0 aliphatic carbocycles. The average Bonchev–Trinajstić information content (AvgIpc) is 3.49. The van der Waals surface area contributed by atoms with Gasteiger partial charge in [-0.2, -0.15) is 0 Å². The van der Waals surface area contributed by atoms with E-state index >= 15 is 0 Å². The minimum Gasteiger partial charge on any atom is -0.462 e. The predicted molar refractivity (Wildman–Crippen MR) is 362 cm³/mol. The Morgan fingerprint density at radius 1 is 0.253 bits per heavy atom. The maximum atomic E-state index is 12.9. The minimum atomic E-state index is -0.806. The van der Waals surface area contributed by atoms with Crippen molar-refractivity contribution >= 4 is 17.9 Å². The lowest BCUT2D eigenvalue weighted by Crippen LogP contribution is -2.30. The molecular formula is C77H124O6. The number of carbonyl (C=O) groups excluding carboxylic acids is 3. The lowest BCUT2D eigenvalue weighted by atomic mass is 10.1. The van der Waals surface area contributed by atoms with E-state index < -0.39 is 6.10 Å². The number of rotatable bonds is 60. The zero-order valence-corrected chi connectivity index (χ0v) is 53.7. The van der Waals surface area contributed by atoms with Crippen molar-refractivity contribution < 1.29 is 28.6 Å². The van der Waals surface area contributed by atoms with Crippen molar-refractivity contribution in [2.75, 3.05) is 13.2 Å². The zero-order valence-electron chi connectivity index (χ0n) is 53.7. The van der Waals surface area contributed by atoms with Crippen LogP contribution in [0.2, 0.25) is 0 Å². The van der Waals surface area contributed by atoms with Gasteiger partial charge in [-0.25, -0.2) is 0 Å². The summed E-state index contributed by atoms with van der Waals surface area (Å²) in [6.07, 6.45) is 101. The lowest BCUT2D eigenvalue weighted by molar-refractivity contribution is -0.167. The summed E-state index contributed by atoms with van der Waals surface area (Å²) in [4.78, 5) is 38.4. The normalized spacial score (nSPS) is 13.1. The number of hydrogen-bond acceptors (Lipinski definition) is 6. The molecular weight excluding hydrogens is 1020 g/mol. The van der Waals surface area contributed by atoms with Crippen molar-refractivity contribution in [1.82, 2.24) is 0 Å². The molecule has 6 nitrogen and oxygen atoms in total. The molecule has 0 radical (unpaired) electrons. The fraction of sp³-hybridized carbons (Fsp3) is 0.623.